The minimum Gasteiger partial charge on any atom is -0.316 e. The van der Waals surface area contributed by atoms with Crippen LogP contribution in [0.2, 0.25) is 0 Å². The third-order valence-corrected chi connectivity index (χ3v) is 4.40. The average Bonchev–Trinajstić information content (AvgIpc) is 2.26. The molecule has 0 fully saturated rings. The van der Waals surface area contributed by atoms with Gasteiger partial charge in [0, 0.05) is 17.8 Å². The summed E-state index contributed by atoms with van der Waals surface area (Å²) in [7, 11) is 2.25. The summed E-state index contributed by atoms with van der Waals surface area (Å²) < 4.78 is 0. The van der Waals surface area contributed by atoms with E-state index < -0.39 is 0 Å². The number of hydrogen-bond acceptors (Lipinski definition) is 3. The van der Waals surface area contributed by atoms with Gasteiger partial charge in [0.1, 0.15) is 0 Å². The van der Waals surface area contributed by atoms with Crippen molar-refractivity contribution in [3.63, 3.8) is 0 Å². The number of thioether (sulfide) groups is 1. The third-order valence-electron chi connectivity index (χ3n) is 3.59. The second kappa shape index (κ2) is 9.23. The monoisotopic (exact) mass is 260 g/mol. The van der Waals surface area contributed by atoms with Crippen LogP contribution < -0.4 is 5.32 Å². The lowest BCUT2D eigenvalue weighted by atomic mass is 10.0. The van der Waals surface area contributed by atoms with Crippen molar-refractivity contribution in [3.8, 4) is 0 Å². The van der Waals surface area contributed by atoms with E-state index in [2.05, 4.69) is 58.1 Å². The fourth-order valence-corrected chi connectivity index (χ4v) is 2.65. The smallest absolute Gasteiger partial charge is 0.0157 e. The number of nitrogens with one attached hydrogen (secondary N) is 1. The summed E-state index contributed by atoms with van der Waals surface area (Å²) in [6.45, 7) is 13.8. The first-order chi connectivity index (χ1) is 7.90. The SMILES string of the molecule is CSCC(C)N(C)C(C)C(C)CNCC(C)C. The van der Waals surface area contributed by atoms with Crippen molar-refractivity contribution in [1.82, 2.24) is 10.2 Å². The Hall–Kier alpha value is 0.270. The first-order valence-corrected chi connectivity index (χ1v) is 8.21. The first kappa shape index (κ1) is 17.3. The van der Waals surface area contributed by atoms with Crippen molar-refractivity contribution in [2.24, 2.45) is 11.8 Å². The Morgan fingerprint density at radius 2 is 1.65 bits per heavy atom. The number of rotatable bonds is 9. The lowest BCUT2D eigenvalue weighted by Crippen LogP contribution is -2.44. The van der Waals surface area contributed by atoms with Gasteiger partial charge in [-0.2, -0.15) is 11.8 Å². The molecule has 17 heavy (non-hydrogen) atoms. The minimum absolute atomic E-state index is 0.636. The zero-order valence-corrected chi connectivity index (χ0v) is 13.6. The van der Waals surface area contributed by atoms with E-state index >= 15 is 0 Å². The number of nitrogens with zero attached hydrogens (tertiary/aromatic N) is 1. The van der Waals surface area contributed by atoms with Gasteiger partial charge in [0.25, 0.3) is 0 Å². The molecule has 0 spiro atoms. The van der Waals surface area contributed by atoms with Crippen LogP contribution in [0.1, 0.15) is 34.6 Å². The standard InChI is InChI=1S/C14H32N2S/c1-11(2)8-15-9-12(3)14(5)16(6)13(4)10-17-7/h11-15H,8-10H2,1-7H3. The molecule has 0 bridgehead atoms. The second-order valence-electron chi connectivity index (χ2n) is 5.74. The molecule has 0 aliphatic heterocycles. The Balaban J connectivity index is 3.97. The fraction of sp³-hybridized carbons (Fsp3) is 1.00. The van der Waals surface area contributed by atoms with Crippen LogP contribution in [0.15, 0.2) is 0 Å². The third kappa shape index (κ3) is 7.32. The molecule has 0 aliphatic carbocycles. The van der Waals surface area contributed by atoms with Gasteiger partial charge in [-0.1, -0.05) is 20.8 Å². The van der Waals surface area contributed by atoms with Crippen LogP contribution in [0.25, 0.3) is 0 Å². The molecule has 3 atom stereocenters. The lowest BCUT2D eigenvalue weighted by molar-refractivity contribution is 0.160. The van der Waals surface area contributed by atoms with E-state index in [-0.39, 0.29) is 0 Å². The van der Waals surface area contributed by atoms with Crippen LogP contribution in [0, 0.1) is 11.8 Å². The van der Waals surface area contributed by atoms with Crippen molar-refractivity contribution < 1.29 is 0 Å². The summed E-state index contributed by atoms with van der Waals surface area (Å²) in [5, 5.41) is 3.56. The Kier molecular flexibility index (Phi) is 9.38. The van der Waals surface area contributed by atoms with Crippen LogP contribution in [-0.2, 0) is 0 Å². The first-order valence-electron chi connectivity index (χ1n) is 6.81. The summed E-state index contributed by atoms with van der Waals surface area (Å²) in [5.41, 5.74) is 0. The maximum Gasteiger partial charge on any atom is 0.0157 e. The largest absolute Gasteiger partial charge is 0.316 e. The van der Waals surface area contributed by atoms with E-state index in [1.807, 2.05) is 11.8 Å². The fourth-order valence-electron chi connectivity index (χ4n) is 1.93. The summed E-state index contributed by atoms with van der Waals surface area (Å²) in [5.74, 6) is 2.65. The normalized spacial score (nSPS) is 17.5. The van der Waals surface area contributed by atoms with E-state index in [0.717, 1.165) is 19.0 Å². The molecular weight excluding hydrogens is 228 g/mol. The van der Waals surface area contributed by atoms with E-state index in [1.165, 1.54) is 5.75 Å². The molecule has 0 radical (unpaired) electrons. The van der Waals surface area contributed by atoms with Gasteiger partial charge >= 0.3 is 0 Å². The molecule has 0 saturated heterocycles. The summed E-state index contributed by atoms with van der Waals surface area (Å²) in [6.07, 6.45) is 2.18. The van der Waals surface area contributed by atoms with Crippen LogP contribution in [0.5, 0.6) is 0 Å². The molecule has 0 amide bonds. The zero-order valence-electron chi connectivity index (χ0n) is 12.8. The number of hydrogen-bond donors (Lipinski definition) is 1. The van der Waals surface area contributed by atoms with Gasteiger partial charge in [-0.3, -0.25) is 4.90 Å². The van der Waals surface area contributed by atoms with Gasteiger partial charge in [-0.25, -0.2) is 0 Å². The zero-order chi connectivity index (χ0) is 13.4. The highest BCUT2D eigenvalue weighted by atomic mass is 32.2. The van der Waals surface area contributed by atoms with Gasteiger partial charge in [0.05, 0.1) is 0 Å². The topological polar surface area (TPSA) is 15.3 Å². The maximum atomic E-state index is 3.56. The molecular formula is C14H32N2S. The lowest BCUT2D eigenvalue weighted by Gasteiger charge is -2.34. The van der Waals surface area contributed by atoms with Crippen LogP contribution >= 0.6 is 11.8 Å². The highest BCUT2D eigenvalue weighted by Gasteiger charge is 2.20. The Morgan fingerprint density at radius 1 is 1.06 bits per heavy atom. The second-order valence-corrected chi connectivity index (χ2v) is 6.65. The van der Waals surface area contributed by atoms with E-state index in [1.54, 1.807) is 0 Å². The quantitative estimate of drug-likeness (QED) is 0.686. The van der Waals surface area contributed by atoms with Crippen molar-refractivity contribution in [2.45, 2.75) is 46.7 Å². The van der Waals surface area contributed by atoms with Gasteiger partial charge in [0.15, 0.2) is 0 Å². The maximum absolute atomic E-state index is 3.56. The molecule has 0 aromatic rings. The van der Waals surface area contributed by atoms with Crippen LogP contribution in [0.3, 0.4) is 0 Å². The van der Waals surface area contributed by atoms with Crippen molar-refractivity contribution in [3.05, 3.63) is 0 Å². The summed E-state index contributed by atoms with van der Waals surface area (Å²) in [6, 6.07) is 1.30. The van der Waals surface area contributed by atoms with E-state index in [9.17, 15) is 0 Å². The van der Waals surface area contributed by atoms with Crippen LogP contribution in [0.4, 0.5) is 0 Å². The molecule has 0 heterocycles. The van der Waals surface area contributed by atoms with Crippen molar-refractivity contribution in [2.75, 3.05) is 32.1 Å². The molecule has 3 unspecified atom stereocenters. The molecule has 104 valence electrons. The molecule has 1 N–H and O–H groups in total. The molecule has 2 nitrogen and oxygen atoms in total. The van der Waals surface area contributed by atoms with Crippen LogP contribution in [-0.4, -0.2) is 49.1 Å². The molecule has 3 heteroatoms. The molecule has 0 rings (SSSR count). The van der Waals surface area contributed by atoms with Gasteiger partial charge in [-0.05, 0) is 52.1 Å². The minimum atomic E-state index is 0.636. The van der Waals surface area contributed by atoms with Gasteiger partial charge in [0.2, 0.25) is 0 Å². The van der Waals surface area contributed by atoms with Gasteiger partial charge < -0.3 is 5.32 Å². The summed E-state index contributed by atoms with van der Waals surface area (Å²) >= 11 is 1.93. The summed E-state index contributed by atoms with van der Waals surface area (Å²) in [4.78, 5) is 2.51. The van der Waals surface area contributed by atoms with Crippen molar-refractivity contribution in [1.29, 1.82) is 0 Å². The predicted octanol–water partition coefficient (Wildman–Crippen LogP) is 2.94. The Bertz CT molecular complexity index is 185. The Labute approximate surface area is 113 Å². The predicted molar refractivity (Wildman–Crippen MR) is 81.9 cm³/mol. The van der Waals surface area contributed by atoms with Gasteiger partial charge in [-0.15, -0.1) is 0 Å². The Morgan fingerprint density at radius 3 is 2.12 bits per heavy atom. The van der Waals surface area contributed by atoms with E-state index in [4.69, 9.17) is 0 Å². The molecule has 0 aromatic carbocycles. The highest BCUT2D eigenvalue weighted by molar-refractivity contribution is 7.98. The molecule has 0 aliphatic rings. The highest BCUT2D eigenvalue weighted by Crippen LogP contribution is 2.14. The van der Waals surface area contributed by atoms with Crippen molar-refractivity contribution >= 4 is 11.8 Å². The molecule has 0 saturated carbocycles. The average molecular weight is 260 g/mol. The molecule has 0 aromatic heterocycles. The van der Waals surface area contributed by atoms with E-state index in [0.29, 0.717) is 18.0 Å².